The fourth-order valence-corrected chi connectivity index (χ4v) is 4.21. The molecule has 1 aliphatic heterocycles. The van der Waals surface area contributed by atoms with Crippen molar-refractivity contribution < 1.29 is 19.5 Å². The van der Waals surface area contributed by atoms with E-state index in [0.717, 1.165) is 14.9 Å². The van der Waals surface area contributed by atoms with Gasteiger partial charge in [0.2, 0.25) is 0 Å². The number of carboxylic acids is 1. The first kappa shape index (κ1) is 22.0. The van der Waals surface area contributed by atoms with Crippen LogP contribution in [-0.4, -0.2) is 27.8 Å². The van der Waals surface area contributed by atoms with Crippen LogP contribution in [0.1, 0.15) is 39.1 Å². The second kappa shape index (κ2) is 8.76. The van der Waals surface area contributed by atoms with Crippen molar-refractivity contribution in [1.29, 1.82) is 0 Å². The van der Waals surface area contributed by atoms with Crippen LogP contribution in [0.5, 0.6) is 0 Å². The number of halogens is 2. The summed E-state index contributed by atoms with van der Waals surface area (Å²) in [6, 6.07) is 15.6. The molecule has 162 valence electrons. The number of aliphatic carboxylic acids is 1. The van der Waals surface area contributed by atoms with E-state index >= 15 is 0 Å². The van der Waals surface area contributed by atoms with Crippen molar-refractivity contribution in [2.45, 2.75) is 19.0 Å². The molecule has 1 aliphatic rings. The summed E-state index contributed by atoms with van der Waals surface area (Å²) in [5.74, 6) is -2.31. The fraction of sp³-hybridized carbons (Fsp3) is 0.125. The third-order valence-electron chi connectivity index (χ3n) is 5.31. The number of amides is 2. The van der Waals surface area contributed by atoms with Gasteiger partial charge in [-0.1, -0.05) is 63.4 Å². The largest absolute Gasteiger partial charge is 0.479 e. The Bertz CT molecular complexity index is 1210. The monoisotopic (exact) mass is 512 g/mol. The molecule has 0 aromatic heterocycles. The van der Waals surface area contributed by atoms with Crippen molar-refractivity contribution in [3.8, 4) is 0 Å². The van der Waals surface area contributed by atoms with Gasteiger partial charge in [0.05, 0.1) is 11.3 Å². The van der Waals surface area contributed by atoms with E-state index in [4.69, 9.17) is 11.6 Å². The van der Waals surface area contributed by atoms with Gasteiger partial charge in [0.25, 0.3) is 11.8 Å². The van der Waals surface area contributed by atoms with Gasteiger partial charge < -0.3 is 15.3 Å². The molecule has 2 amide bonds. The molecule has 0 radical (unpaired) electrons. The van der Waals surface area contributed by atoms with Gasteiger partial charge in [-0.2, -0.15) is 0 Å². The molecule has 6 nitrogen and oxygen atoms in total. The maximum Gasteiger partial charge on any atom is 0.331 e. The average Bonchev–Trinajstić information content (AvgIpc) is 2.85. The van der Waals surface area contributed by atoms with Gasteiger partial charge in [0.15, 0.2) is 6.04 Å². The van der Waals surface area contributed by atoms with Crippen molar-refractivity contribution in [2.24, 2.45) is 0 Å². The Kier molecular flexibility index (Phi) is 6.04. The lowest BCUT2D eigenvalue weighted by Crippen LogP contribution is -2.44. The highest BCUT2D eigenvalue weighted by molar-refractivity contribution is 9.10. The van der Waals surface area contributed by atoms with Gasteiger partial charge in [-0.3, -0.25) is 9.59 Å². The number of carbonyl (C=O) groups is 3. The summed E-state index contributed by atoms with van der Waals surface area (Å²) >= 11 is 9.36. The molecule has 8 heteroatoms. The molecular weight excluding hydrogens is 496 g/mol. The first-order valence-corrected chi connectivity index (χ1v) is 10.9. The minimum atomic E-state index is -1.39. The van der Waals surface area contributed by atoms with Crippen LogP contribution in [0.2, 0.25) is 5.02 Å². The minimum absolute atomic E-state index is 0.234. The third kappa shape index (κ3) is 4.13. The molecular formula is C24H18BrClN2O4. The fourth-order valence-electron chi connectivity index (χ4n) is 3.82. The van der Waals surface area contributed by atoms with Crippen molar-refractivity contribution in [2.75, 3.05) is 5.32 Å². The second-order valence-electron chi connectivity index (χ2n) is 7.50. The average molecular weight is 514 g/mol. The van der Waals surface area contributed by atoms with Crippen LogP contribution in [0.3, 0.4) is 0 Å². The molecule has 3 aromatic rings. The van der Waals surface area contributed by atoms with E-state index in [1.807, 2.05) is 6.92 Å². The van der Waals surface area contributed by atoms with Gasteiger partial charge in [0.1, 0.15) is 6.04 Å². The van der Waals surface area contributed by atoms with Crippen molar-refractivity contribution in [3.05, 3.63) is 98.5 Å². The Hall–Kier alpha value is -3.16. The lowest BCUT2D eigenvalue weighted by atomic mass is 9.97. The molecule has 2 unspecified atom stereocenters. The number of nitrogens with zero attached hydrogens (tertiary/aromatic N) is 1. The standard InChI is InChI=1S/C24H18BrClN2O4/c1-13-2-11-19-18(12-13)23(30)28(21(24(31)32)15-3-7-16(25)8-4-15)20(22(29)27-19)14-5-9-17(26)10-6-14/h2-12,20-21H,1H3,(H,27,29)(H,31,32). The van der Waals surface area contributed by atoms with Gasteiger partial charge in [-0.25, -0.2) is 4.79 Å². The van der Waals surface area contributed by atoms with Crippen LogP contribution < -0.4 is 5.32 Å². The normalized spacial score (nSPS) is 16.7. The van der Waals surface area contributed by atoms with Crippen LogP contribution in [0.4, 0.5) is 5.69 Å². The Morgan fingerprint density at radius 3 is 2.34 bits per heavy atom. The summed E-state index contributed by atoms with van der Waals surface area (Å²) in [4.78, 5) is 40.8. The number of carboxylic acid groups (broad SMARTS) is 1. The molecule has 0 saturated carbocycles. The Morgan fingerprint density at radius 2 is 1.72 bits per heavy atom. The smallest absolute Gasteiger partial charge is 0.331 e. The van der Waals surface area contributed by atoms with E-state index in [-0.39, 0.29) is 5.56 Å². The highest BCUT2D eigenvalue weighted by Crippen LogP contribution is 2.38. The van der Waals surface area contributed by atoms with E-state index in [0.29, 0.717) is 21.8 Å². The van der Waals surface area contributed by atoms with Crippen LogP contribution in [0, 0.1) is 6.92 Å². The molecule has 4 rings (SSSR count). The molecule has 0 fully saturated rings. The van der Waals surface area contributed by atoms with E-state index < -0.39 is 29.9 Å². The zero-order valence-electron chi connectivity index (χ0n) is 16.9. The Balaban J connectivity index is 1.95. The summed E-state index contributed by atoms with van der Waals surface area (Å²) in [5, 5.41) is 13.5. The lowest BCUT2D eigenvalue weighted by molar-refractivity contribution is -0.144. The summed E-state index contributed by atoms with van der Waals surface area (Å²) in [6.07, 6.45) is 0. The second-order valence-corrected chi connectivity index (χ2v) is 8.85. The van der Waals surface area contributed by atoms with Crippen molar-refractivity contribution >= 4 is 51.0 Å². The van der Waals surface area contributed by atoms with E-state index in [9.17, 15) is 19.5 Å². The summed E-state index contributed by atoms with van der Waals surface area (Å²) in [7, 11) is 0. The predicted molar refractivity (Wildman–Crippen MR) is 125 cm³/mol. The number of benzene rings is 3. The predicted octanol–water partition coefficient (Wildman–Crippen LogP) is 5.37. The molecule has 0 spiro atoms. The molecule has 2 N–H and O–H groups in total. The number of nitrogens with one attached hydrogen (secondary N) is 1. The van der Waals surface area contributed by atoms with Gasteiger partial charge in [-0.05, 0) is 54.4 Å². The van der Waals surface area contributed by atoms with E-state index in [1.165, 1.54) is 0 Å². The Labute approximate surface area is 197 Å². The van der Waals surface area contributed by atoms with Crippen LogP contribution in [0.25, 0.3) is 0 Å². The zero-order valence-corrected chi connectivity index (χ0v) is 19.2. The molecule has 0 saturated heterocycles. The first-order valence-electron chi connectivity index (χ1n) is 9.74. The number of rotatable bonds is 4. The highest BCUT2D eigenvalue weighted by Gasteiger charge is 2.43. The van der Waals surface area contributed by atoms with Crippen molar-refractivity contribution in [3.63, 3.8) is 0 Å². The number of hydrogen-bond donors (Lipinski definition) is 2. The summed E-state index contributed by atoms with van der Waals surface area (Å²) < 4.78 is 0.764. The third-order valence-corrected chi connectivity index (χ3v) is 6.09. The molecule has 3 aromatic carbocycles. The maximum atomic E-state index is 13.8. The van der Waals surface area contributed by atoms with Crippen LogP contribution in [0.15, 0.2) is 71.2 Å². The molecule has 2 atom stereocenters. The minimum Gasteiger partial charge on any atom is -0.479 e. The number of aryl methyl sites for hydroxylation is 1. The molecule has 0 bridgehead atoms. The van der Waals surface area contributed by atoms with Crippen LogP contribution >= 0.6 is 27.5 Å². The number of anilines is 1. The van der Waals surface area contributed by atoms with Gasteiger partial charge >= 0.3 is 5.97 Å². The maximum absolute atomic E-state index is 13.8. The first-order chi connectivity index (χ1) is 15.3. The lowest BCUT2D eigenvalue weighted by Gasteiger charge is -2.34. The number of fused-ring (bicyclic) bond motifs is 1. The van der Waals surface area contributed by atoms with Gasteiger partial charge in [-0.15, -0.1) is 0 Å². The van der Waals surface area contributed by atoms with E-state index in [1.54, 1.807) is 66.7 Å². The molecule has 32 heavy (non-hydrogen) atoms. The summed E-state index contributed by atoms with van der Waals surface area (Å²) in [5.41, 5.74) is 2.21. The summed E-state index contributed by atoms with van der Waals surface area (Å²) in [6.45, 7) is 1.82. The van der Waals surface area contributed by atoms with Gasteiger partial charge in [0, 0.05) is 9.50 Å². The number of carbonyl (C=O) groups excluding carboxylic acids is 2. The molecule has 1 heterocycles. The zero-order chi connectivity index (χ0) is 23.0. The van der Waals surface area contributed by atoms with Crippen LogP contribution in [-0.2, 0) is 9.59 Å². The van der Waals surface area contributed by atoms with Crippen molar-refractivity contribution in [1.82, 2.24) is 4.90 Å². The highest BCUT2D eigenvalue weighted by atomic mass is 79.9. The quantitative estimate of drug-likeness (QED) is 0.491. The molecule has 0 aliphatic carbocycles. The Morgan fingerprint density at radius 1 is 1.06 bits per heavy atom. The van der Waals surface area contributed by atoms with E-state index in [2.05, 4.69) is 21.2 Å². The topological polar surface area (TPSA) is 86.7 Å². The SMILES string of the molecule is Cc1ccc2c(c1)C(=O)N(C(C(=O)O)c1ccc(Br)cc1)C(c1ccc(Cl)cc1)C(=O)N2. The number of hydrogen-bond acceptors (Lipinski definition) is 3.